The van der Waals surface area contributed by atoms with Crippen molar-refractivity contribution in [2.75, 3.05) is 13.2 Å². The molecule has 0 spiro atoms. The Balaban J connectivity index is 3.78. The molecule has 0 aliphatic heterocycles. The van der Waals surface area contributed by atoms with Gasteiger partial charge in [0, 0.05) is 0 Å². The van der Waals surface area contributed by atoms with Crippen molar-refractivity contribution >= 4 is 5.91 Å². The molecule has 0 radical (unpaired) electrons. The summed E-state index contributed by atoms with van der Waals surface area (Å²) >= 11 is 0. The predicted octanol–water partition coefficient (Wildman–Crippen LogP) is -2.20. The number of rotatable bonds is 4. The van der Waals surface area contributed by atoms with E-state index in [0.29, 0.717) is 0 Å². The molecule has 1 amide bonds. The highest BCUT2D eigenvalue weighted by Crippen LogP contribution is 1.89. The summed E-state index contributed by atoms with van der Waals surface area (Å²) < 4.78 is 0. The topological polar surface area (TPSA) is 95.6 Å². The van der Waals surface area contributed by atoms with E-state index in [1.165, 1.54) is 6.92 Å². The Bertz CT molecular complexity index is 127. The third kappa shape index (κ3) is 3.92. The monoisotopic (exact) mass is 162 g/mol. The van der Waals surface area contributed by atoms with E-state index in [0.717, 1.165) is 0 Å². The molecule has 0 saturated heterocycles. The van der Waals surface area contributed by atoms with Crippen LogP contribution in [-0.2, 0) is 4.79 Å². The van der Waals surface area contributed by atoms with Crippen molar-refractivity contribution in [3.63, 3.8) is 0 Å². The van der Waals surface area contributed by atoms with Gasteiger partial charge < -0.3 is 21.3 Å². The molecule has 0 aliphatic carbocycles. The van der Waals surface area contributed by atoms with Gasteiger partial charge in [-0.25, -0.2) is 0 Å². The molecule has 2 unspecified atom stereocenters. The Morgan fingerprint density at radius 3 is 2.55 bits per heavy atom. The molecule has 0 heterocycles. The summed E-state index contributed by atoms with van der Waals surface area (Å²) in [7, 11) is 0. The number of nitrogens with two attached hydrogens (primary N) is 1. The van der Waals surface area contributed by atoms with Gasteiger partial charge in [-0.2, -0.15) is 0 Å². The molecule has 0 aliphatic rings. The van der Waals surface area contributed by atoms with E-state index in [1.54, 1.807) is 0 Å². The summed E-state index contributed by atoms with van der Waals surface area (Å²) in [6, 6.07) is -0.619. The number of hydrogen-bond donors (Lipinski definition) is 4. The van der Waals surface area contributed by atoms with Crippen LogP contribution in [0, 0.1) is 0 Å². The maximum atomic E-state index is 10.6. The summed E-state index contributed by atoms with van der Waals surface area (Å²) in [5, 5.41) is 19.9. The predicted molar refractivity (Wildman–Crippen MR) is 39.8 cm³/mol. The Morgan fingerprint density at radius 2 is 2.27 bits per heavy atom. The van der Waals surface area contributed by atoms with E-state index in [-0.39, 0.29) is 19.1 Å². The van der Waals surface area contributed by atoms with E-state index in [4.69, 9.17) is 15.9 Å². The Morgan fingerprint density at radius 1 is 1.73 bits per heavy atom. The van der Waals surface area contributed by atoms with Gasteiger partial charge in [-0.05, 0) is 6.92 Å². The van der Waals surface area contributed by atoms with Crippen LogP contribution in [-0.4, -0.2) is 41.4 Å². The smallest absolute Gasteiger partial charge is 0.234 e. The van der Waals surface area contributed by atoms with Gasteiger partial charge in [0.25, 0.3) is 0 Å². The number of hydrogen-bond acceptors (Lipinski definition) is 4. The molecule has 5 heteroatoms. The van der Waals surface area contributed by atoms with Crippen LogP contribution in [0.3, 0.4) is 0 Å². The molecular formula is C6H14N2O3. The number of aliphatic hydroxyl groups excluding tert-OH is 2. The molecule has 0 fully saturated rings. The second-order valence-electron chi connectivity index (χ2n) is 2.30. The van der Waals surface area contributed by atoms with Gasteiger partial charge in [0.05, 0.1) is 25.3 Å². The highest BCUT2D eigenvalue weighted by atomic mass is 16.3. The van der Waals surface area contributed by atoms with Crippen molar-refractivity contribution in [3.8, 4) is 0 Å². The number of amides is 1. The molecule has 2 atom stereocenters. The van der Waals surface area contributed by atoms with Crippen LogP contribution in [0.2, 0.25) is 0 Å². The minimum absolute atomic E-state index is 0.136. The molecule has 0 rings (SSSR count). The largest absolute Gasteiger partial charge is 0.394 e. The fourth-order valence-electron chi connectivity index (χ4n) is 0.585. The lowest BCUT2D eigenvalue weighted by molar-refractivity contribution is -0.121. The number of aliphatic hydroxyl groups is 2. The fourth-order valence-corrected chi connectivity index (χ4v) is 0.585. The molecule has 0 aromatic rings. The van der Waals surface area contributed by atoms with Gasteiger partial charge in [-0.3, -0.25) is 4.79 Å². The molecule has 0 saturated carbocycles. The summed E-state index contributed by atoms with van der Waals surface area (Å²) in [5.41, 5.74) is 5.00. The molecule has 5 N–H and O–H groups in total. The van der Waals surface area contributed by atoms with Gasteiger partial charge in [-0.15, -0.1) is 0 Å². The normalized spacial score (nSPS) is 15.6. The maximum Gasteiger partial charge on any atom is 0.234 e. The van der Waals surface area contributed by atoms with Crippen molar-refractivity contribution in [1.82, 2.24) is 5.32 Å². The van der Waals surface area contributed by atoms with Crippen molar-refractivity contribution < 1.29 is 15.0 Å². The van der Waals surface area contributed by atoms with Crippen LogP contribution in [0.5, 0.6) is 0 Å². The molecule has 5 nitrogen and oxygen atoms in total. The molecule has 66 valence electrons. The highest BCUT2D eigenvalue weighted by Gasteiger charge is 2.14. The third-order valence-electron chi connectivity index (χ3n) is 1.31. The number of nitrogens with one attached hydrogen (secondary N) is 1. The zero-order valence-corrected chi connectivity index (χ0v) is 6.45. The lowest BCUT2D eigenvalue weighted by Gasteiger charge is -2.18. The molecule has 0 bridgehead atoms. The Labute approximate surface area is 65.2 Å². The molecule has 0 aromatic heterocycles. The van der Waals surface area contributed by atoms with Gasteiger partial charge in [0.15, 0.2) is 0 Å². The van der Waals surface area contributed by atoms with Crippen LogP contribution in [0.15, 0.2) is 0 Å². The highest BCUT2D eigenvalue weighted by molar-refractivity contribution is 5.78. The lowest BCUT2D eigenvalue weighted by Crippen LogP contribution is -2.46. The second kappa shape index (κ2) is 5.06. The second-order valence-corrected chi connectivity index (χ2v) is 2.30. The summed E-state index contributed by atoms with van der Waals surface area (Å²) in [6.45, 7) is 1.06. The van der Waals surface area contributed by atoms with Crippen LogP contribution >= 0.6 is 0 Å². The molecule has 0 aromatic carbocycles. The van der Waals surface area contributed by atoms with E-state index in [1.807, 2.05) is 0 Å². The average molecular weight is 162 g/mol. The summed E-state index contributed by atoms with van der Waals surface area (Å²) in [4.78, 5) is 10.6. The van der Waals surface area contributed by atoms with Crippen molar-refractivity contribution in [2.24, 2.45) is 5.73 Å². The van der Waals surface area contributed by atoms with E-state index < -0.39 is 12.1 Å². The Hall–Kier alpha value is -0.650. The van der Waals surface area contributed by atoms with Crippen molar-refractivity contribution in [2.45, 2.75) is 19.1 Å². The van der Waals surface area contributed by atoms with Gasteiger partial charge in [0.1, 0.15) is 0 Å². The zero-order valence-electron chi connectivity index (χ0n) is 6.45. The van der Waals surface area contributed by atoms with Crippen molar-refractivity contribution in [3.05, 3.63) is 0 Å². The number of carbonyl (C=O) groups excluding carboxylic acids is 1. The van der Waals surface area contributed by atoms with Gasteiger partial charge in [0.2, 0.25) is 5.91 Å². The first-order chi connectivity index (χ1) is 5.11. The minimum Gasteiger partial charge on any atom is -0.394 e. The van der Waals surface area contributed by atoms with E-state index in [9.17, 15) is 4.79 Å². The number of carbonyl (C=O) groups is 1. The maximum absolute atomic E-state index is 10.6. The van der Waals surface area contributed by atoms with E-state index in [2.05, 4.69) is 5.32 Å². The van der Waals surface area contributed by atoms with Crippen LogP contribution in [0.1, 0.15) is 6.92 Å². The van der Waals surface area contributed by atoms with Gasteiger partial charge >= 0.3 is 0 Å². The van der Waals surface area contributed by atoms with Crippen molar-refractivity contribution in [1.29, 1.82) is 0 Å². The first-order valence-corrected chi connectivity index (χ1v) is 3.40. The first-order valence-electron chi connectivity index (χ1n) is 3.40. The summed E-state index contributed by atoms with van der Waals surface area (Å²) in [5.74, 6) is -0.384. The minimum atomic E-state index is -0.768. The fraction of sp³-hybridized carbons (Fsp3) is 0.833. The Kier molecular flexibility index (Phi) is 4.76. The van der Waals surface area contributed by atoms with Crippen LogP contribution in [0.25, 0.3) is 0 Å². The SMILES string of the molecule is CC(O)C(CO)NC(=O)CN. The van der Waals surface area contributed by atoms with E-state index >= 15 is 0 Å². The summed E-state index contributed by atoms with van der Waals surface area (Å²) in [6.07, 6.45) is -0.768. The van der Waals surface area contributed by atoms with Gasteiger partial charge in [-0.1, -0.05) is 0 Å². The van der Waals surface area contributed by atoms with Crippen LogP contribution < -0.4 is 11.1 Å². The lowest BCUT2D eigenvalue weighted by atomic mass is 10.2. The first kappa shape index (κ1) is 10.3. The molecular weight excluding hydrogens is 148 g/mol. The average Bonchev–Trinajstić information content (AvgIpc) is 1.99. The standard InChI is InChI=1S/C6H14N2O3/c1-4(10)5(3-9)8-6(11)2-7/h4-5,9-10H,2-3,7H2,1H3,(H,8,11). The zero-order chi connectivity index (χ0) is 8.85. The quantitative estimate of drug-likeness (QED) is 0.377. The van der Waals surface area contributed by atoms with Crippen LogP contribution in [0.4, 0.5) is 0 Å². The molecule has 11 heavy (non-hydrogen) atoms. The third-order valence-corrected chi connectivity index (χ3v) is 1.31.